The van der Waals surface area contributed by atoms with E-state index >= 15 is 0 Å². The highest BCUT2D eigenvalue weighted by Gasteiger charge is 2.23. The Morgan fingerprint density at radius 3 is 3.14 bits per heavy atom. The number of hydrogen-bond acceptors (Lipinski definition) is 3. The number of imidazole rings is 1. The van der Waals surface area contributed by atoms with Gasteiger partial charge in [-0.3, -0.25) is 0 Å². The molecule has 124 valence electrons. The highest BCUT2D eigenvalue weighted by molar-refractivity contribution is 5.74. The van der Waals surface area contributed by atoms with E-state index < -0.39 is 0 Å². The van der Waals surface area contributed by atoms with Crippen LogP contribution in [0.25, 0.3) is 0 Å². The smallest absolute Gasteiger partial charge is 0.317 e. The summed E-state index contributed by atoms with van der Waals surface area (Å²) in [6, 6.07) is 0.0344. The van der Waals surface area contributed by atoms with Gasteiger partial charge in [0.25, 0.3) is 0 Å². The first-order valence-corrected chi connectivity index (χ1v) is 8.32. The number of likely N-dealkylation sites (tertiary alicyclic amines) is 1. The van der Waals surface area contributed by atoms with Crippen molar-refractivity contribution in [2.45, 2.75) is 52.2 Å². The van der Waals surface area contributed by atoms with Crippen LogP contribution in [0.4, 0.5) is 4.79 Å². The van der Waals surface area contributed by atoms with Gasteiger partial charge in [-0.15, -0.1) is 0 Å². The van der Waals surface area contributed by atoms with E-state index in [0.29, 0.717) is 13.1 Å². The SMILES string of the molecule is CCCO[C@@H]1CCCN(C(=O)NCCCn2ccnc2C)C1. The minimum atomic E-state index is 0.0344. The average molecular weight is 308 g/mol. The lowest BCUT2D eigenvalue weighted by atomic mass is 10.1. The predicted octanol–water partition coefficient (Wildman–Crippen LogP) is 2.18. The molecule has 0 saturated carbocycles. The van der Waals surface area contributed by atoms with Crippen molar-refractivity contribution in [3.63, 3.8) is 0 Å². The lowest BCUT2D eigenvalue weighted by molar-refractivity contribution is 0.0101. The molecule has 1 saturated heterocycles. The summed E-state index contributed by atoms with van der Waals surface area (Å²) in [7, 11) is 0. The van der Waals surface area contributed by atoms with Crippen molar-refractivity contribution < 1.29 is 9.53 Å². The van der Waals surface area contributed by atoms with Crippen molar-refractivity contribution in [1.82, 2.24) is 19.8 Å². The molecule has 0 unspecified atom stereocenters. The Morgan fingerprint density at radius 1 is 1.55 bits per heavy atom. The second-order valence-corrected chi connectivity index (χ2v) is 5.83. The molecule has 1 fully saturated rings. The molecule has 0 radical (unpaired) electrons. The van der Waals surface area contributed by atoms with E-state index in [1.165, 1.54) is 0 Å². The summed E-state index contributed by atoms with van der Waals surface area (Å²) in [5.74, 6) is 1.01. The summed E-state index contributed by atoms with van der Waals surface area (Å²) < 4.78 is 7.87. The van der Waals surface area contributed by atoms with Crippen LogP contribution in [0, 0.1) is 6.92 Å². The van der Waals surface area contributed by atoms with E-state index in [1.54, 1.807) is 6.20 Å². The van der Waals surface area contributed by atoms with Crippen LogP contribution in [0.1, 0.15) is 38.4 Å². The maximum Gasteiger partial charge on any atom is 0.317 e. The van der Waals surface area contributed by atoms with Gasteiger partial charge in [0.2, 0.25) is 0 Å². The number of carbonyl (C=O) groups is 1. The van der Waals surface area contributed by atoms with Gasteiger partial charge in [-0.25, -0.2) is 9.78 Å². The number of aryl methyl sites for hydroxylation is 2. The van der Waals surface area contributed by atoms with Gasteiger partial charge in [0.05, 0.1) is 6.10 Å². The summed E-state index contributed by atoms with van der Waals surface area (Å²) in [6.07, 6.45) is 7.99. The largest absolute Gasteiger partial charge is 0.376 e. The summed E-state index contributed by atoms with van der Waals surface area (Å²) in [5.41, 5.74) is 0. The molecule has 1 N–H and O–H groups in total. The highest BCUT2D eigenvalue weighted by atomic mass is 16.5. The standard InChI is InChI=1S/C16H28N4O2/c1-3-12-22-15-6-4-9-20(13-15)16(21)18-7-5-10-19-11-8-17-14(19)2/h8,11,15H,3-7,9-10,12-13H2,1-2H3,(H,18,21)/t15-/m1/s1. The Morgan fingerprint density at radius 2 is 2.41 bits per heavy atom. The first-order chi connectivity index (χ1) is 10.7. The number of nitrogens with one attached hydrogen (secondary N) is 1. The highest BCUT2D eigenvalue weighted by Crippen LogP contribution is 2.13. The van der Waals surface area contributed by atoms with E-state index in [1.807, 2.05) is 18.0 Å². The normalized spacial score (nSPS) is 18.5. The van der Waals surface area contributed by atoms with Crippen molar-refractivity contribution in [1.29, 1.82) is 0 Å². The third kappa shape index (κ3) is 5.02. The summed E-state index contributed by atoms with van der Waals surface area (Å²) in [4.78, 5) is 18.3. The molecule has 22 heavy (non-hydrogen) atoms. The Balaban J connectivity index is 1.65. The number of piperidine rings is 1. The van der Waals surface area contributed by atoms with Crippen LogP contribution in [0.2, 0.25) is 0 Å². The molecular weight excluding hydrogens is 280 g/mol. The van der Waals surface area contributed by atoms with E-state index in [4.69, 9.17) is 4.74 Å². The first kappa shape index (κ1) is 16.8. The lowest BCUT2D eigenvalue weighted by Gasteiger charge is -2.32. The van der Waals surface area contributed by atoms with Crippen molar-refractivity contribution in [2.75, 3.05) is 26.2 Å². The molecule has 0 spiro atoms. The van der Waals surface area contributed by atoms with Crippen LogP contribution >= 0.6 is 0 Å². The van der Waals surface area contributed by atoms with Crippen LogP contribution in [-0.2, 0) is 11.3 Å². The molecular formula is C16H28N4O2. The Kier molecular flexibility index (Phi) is 6.71. The van der Waals surface area contributed by atoms with Gasteiger partial charge in [0, 0.05) is 45.2 Å². The van der Waals surface area contributed by atoms with Crippen molar-refractivity contribution in [2.24, 2.45) is 0 Å². The molecule has 1 aromatic rings. The predicted molar refractivity (Wildman–Crippen MR) is 85.8 cm³/mol. The van der Waals surface area contributed by atoms with Crippen molar-refractivity contribution in [3.05, 3.63) is 18.2 Å². The summed E-state index contributed by atoms with van der Waals surface area (Å²) in [6.45, 7) is 8.00. The maximum atomic E-state index is 12.2. The van der Waals surface area contributed by atoms with Gasteiger partial charge >= 0.3 is 6.03 Å². The molecule has 1 atom stereocenters. The number of nitrogens with zero attached hydrogens (tertiary/aromatic N) is 3. The minimum absolute atomic E-state index is 0.0344. The van der Waals surface area contributed by atoms with Crippen molar-refractivity contribution >= 4 is 6.03 Å². The maximum absolute atomic E-state index is 12.2. The summed E-state index contributed by atoms with van der Waals surface area (Å²) >= 11 is 0. The molecule has 2 amide bonds. The minimum Gasteiger partial charge on any atom is -0.376 e. The van der Waals surface area contributed by atoms with Crippen LogP contribution < -0.4 is 5.32 Å². The third-order valence-corrected chi connectivity index (χ3v) is 4.00. The molecule has 2 heterocycles. The third-order valence-electron chi connectivity index (χ3n) is 4.00. The van der Waals surface area contributed by atoms with Gasteiger partial charge in [0.1, 0.15) is 5.82 Å². The molecule has 0 bridgehead atoms. The Bertz CT molecular complexity index is 461. The zero-order chi connectivity index (χ0) is 15.8. The molecule has 0 aromatic carbocycles. The fourth-order valence-electron chi connectivity index (χ4n) is 2.74. The molecule has 0 aliphatic carbocycles. The van der Waals surface area contributed by atoms with Gasteiger partial charge in [0.15, 0.2) is 0 Å². The number of amides is 2. The van der Waals surface area contributed by atoms with Crippen LogP contribution in [0.5, 0.6) is 0 Å². The zero-order valence-electron chi connectivity index (χ0n) is 13.8. The topological polar surface area (TPSA) is 59.4 Å². The van der Waals surface area contributed by atoms with Crippen molar-refractivity contribution in [3.8, 4) is 0 Å². The van der Waals surface area contributed by atoms with Crippen LogP contribution in [0.15, 0.2) is 12.4 Å². The second-order valence-electron chi connectivity index (χ2n) is 5.83. The molecule has 6 heteroatoms. The Labute approximate surface area is 132 Å². The molecule has 1 aliphatic heterocycles. The number of rotatable bonds is 7. The van der Waals surface area contributed by atoms with Gasteiger partial charge < -0.3 is 19.5 Å². The van der Waals surface area contributed by atoms with Gasteiger partial charge in [-0.2, -0.15) is 0 Å². The summed E-state index contributed by atoms with van der Waals surface area (Å²) in [5, 5.41) is 3.01. The fourth-order valence-corrected chi connectivity index (χ4v) is 2.74. The lowest BCUT2D eigenvalue weighted by Crippen LogP contribution is -2.48. The van der Waals surface area contributed by atoms with E-state index in [2.05, 4.69) is 21.8 Å². The molecule has 1 aliphatic rings. The monoisotopic (exact) mass is 308 g/mol. The van der Waals surface area contributed by atoms with E-state index in [0.717, 1.165) is 51.2 Å². The number of urea groups is 1. The average Bonchev–Trinajstić information content (AvgIpc) is 2.95. The molecule has 1 aromatic heterocycles. The fraction of sp³-hybridized carbons (Fsp3) is 0.750. The number of hydrogen-bond donors (Lipinski definition) is 1. The van der Waals surface area contributed by atoms with Gasteiger partial charge in [-0.05, 0) is 32.6 Å². The van der Waals surface area contributed by atoms with E-state index in [-0.39, 0.29) is 12.1 Å². The van der Waals surface area contributed by atoms with Gasteiger partial charge in [-0.1, -0.05) is 6.92 Å². The molecule has 2 rings (SSSR count). The Hall–Kier alpha value is -1.56. The zero-order valence-corrected chi connectivity index (χ0v) is 13.8. The van der Waals surface area contributed by atoms with E-state index in [9.17, 15) is 4.79 Å². The first-order valence-electron chi connectivity index (χ1n) is 8.32. The van der Waals surface area contributed by atoms with Crippen LogP contribution in [-0.4, -0.2) is 52.8 Å². The second kappa shape index (κ2) is 8.78. The number of aromatic nitrogens is 2. The molecule has 6 nitrogen and oxygen atoms in total. The quantitative estimate of drug-likeness (QED) is 0.786. The van der Waals surface area contributed by atoms with Crippen LogP contribution in [0.3, 0.4) is 0 Å². The number of ether oxygens (including phenoxy) is 1. The number of carbonyl (C=O) groups excluding carboxylic acids is 1.